The van der Waals surface area contributed by atoms with E-state index in [4.69, 9.17) is 9.84 Å². The van der Waals surface area contributed by atoms with E-state index in [-0.39, 0.29) is 6.42 Å². The van der Waals surface area contributed by atoms with Gasteiger partial charge in [-0.1, -0.05) is 23.8 Å². The molecule has 0 amide bonds. The number of hydrogen-bond donors (Lipinski definition) is 1. The van der Waals surface area contributed by atoms with E-state index in [9.17, 15) is 4.79 Å². The van der Waals surface area contributed by atoms with Crippen LogP contribution in [-0.4, -0.2) is 17.7 Å². The fourth-order valence-electron chi connectivity index (χ4n) is 2.36. The van der Waals surface area contributed by atoms with Gasteiger partial charge in [0.1, 0.15) is 5.60 Å². The highest BCUT2D eigenvalue weighted by molar-refractivity contribution is 5.69. The third-order valence-corrected chi connectivity index (χ3v) is 3.19. The number of carbonyl (C=O) groups is 1. The molecular weight excluding hydrogens is 204 g/mol. The second-order valence-corrected chi connectivity index (χ2v) is 4.48. The Bertz CT molecular complexity index is 419. The summed E-state index contributed by atoms with van der Waals surface area (Å²) < 4.78 is 5.56. The number of ether oxygens (including phenoxy) is 1. The molecule has 1 unspecified atom stereocenters. The molecule has 0 bridgehead atoms. The Morgan fingerprint density at radius 1 is 1.50 bits per heavy atom. The van der Waals surface area contributed by atoms with Crippen LogP contribution >= 0.6 is 0 Å². The highest BCUT2D eigenvalue weighted by Crippen LogP contribution is 2.42. The Kier molecular flexibility index (Phi) is 2.72. The number of hydrogen-bond acceptors (Lipinski definition) is 2. The molecule has 1 atom stereocenters. The van der Waals surface area contributed by atoms with E-state index >= 15 is 0 Å². The van der Waals surface area contributed by atoms with E-state index in [2.05, 4.69) is 6.07 Å². The molecular formula is C13H16O3. The van der Waals surface area contributed by atoms with Crippen LogP contribution in [-0.2, 0) is 15.1 Å². The highest BCUT2D eigenvalue weighted by atomic mass is 16.5. The lowest BCUT2D eigenvalue weighted by atomic mass is 9.81. The molecule has 1 saturated heterocycles. The largest absolute Gasteiger partial charge is 0.481 e. The molecule has 1 heterocycles. The second kappa shape index (κ2) is 3.91. The van der Waals surface area contributed by atoms with Crippen LogP contribution in [0, 0.1) is 13.8 Å². The van der Waals surface area contributed by atoms with Gasteiger partial charge in [0.05, 0.1) is 13.0 Å². The van der Waals surface area contributed by atoms with E-state index in [1.165, 1.54) is 5.56 Å². The summed E-state index contributed by atoms with van der Waals surface area (Å²) in [6.07, 6.45) is 0.847. The Morgan fingerprint density at radius 3 is 2.62 bits per heavy atom. The van der Waals surface area contributed by atoms with Crippen molar-refractivity contribution in [2.24, 2.45) is 0 Å². The van der Waals surface area contributed by atoms with E-state index in [0.29, 0.717) is 6.61 Å². The fourth-order valence-corrected chi connectivity index (χ4v) is 2.36. The summed E-state index contributed by atoms with van der Waals surface area (Å²) in [7, 11) is 0. The van der Waals surface area contributed by atoms with Gasteiger partial charge < -0.3 is 9.84 Å². The lowest BCUT2D eigenvalue weighted by Crippen LogP contribution is -2.43. The summed E-state index contributed by atoms with van der Waals surface area (Å²) in [6.45, 7) is 4.69. The Morgan fingerprint density at radius 2 is 2.19 bits per heavy atom. The van der Waals surface area contributed by atoms with Crippen molar-refractivity contribution < 1.29 is 14.6 Å². The highest BCUT2D eigenvalue weighted by Gasteiger charge is 2.43. The molecule has 3 heteroatoms. The van der Waals surface area contributed by atoms with Crippen molar-refractivity contribution in [2.45, 2.75) is 32.3 Å². The van der Waals surface area contributed by atoms with Crippen molar-refractivity contribution in [2.75, 3.05) is 6.61 Å². The van der Waals surface area contributed by atoms with Crippen molar-refractivity contribution in [1.29, 1.82) is 0 Å². The first-order chi connectivity index (χ1) is 7.53. The zero-order valence-electron chi connectivity index (χ0n) is 9.62. The molecule has 1 aliphatic rings. The van der Waals surface area contributed by atoms with Crippen LogP contribution < -0.4 is 0 Å². The molecule has 3 nitrogen and oxygen atoms in total. The molecule has 1 aliphatic heterocycles. The first-order valence-corrected chi connectivity index (χ1v) is 5.47. The third kappa shape index (κ3) is 1.83. The predicted octanol–water partition coefficient (Wildman–Crippen LogP) is 2.39. The second-order valence-electron chi connectivity index (χ2n) is 4.48. The van der Waals surface area contributed by atoms with E-state index in [1.807, 2.05) is 26.0 Å². The molecule has 1 aromatic carbocycles. The molecule has 0 saturated carbocycles. The Hall–Kier alpha value is -1.35. The topological polar surface area (TPSA) is 46.5 Å². The van der Waals surface area contributed by atoms with Crippen molar-refractivity contribution in [3.05, 3.63) is 34.9 Å². The molecule has 1 fully saturated rings. The van der Waals surface area contributed by atoms with Crippen LogP contribution in [0.15, 0.2) is 18.2 Å². The van der Waals surface area contributed by atoms with Crippen LogP contribution in [0.3, 0.4) is 0 Å². The number of rotatable bonds is 3. The molecule has 0 radical (unpaired) electrons. The van der Waals surface area contributed by atoms with Gasteiger partial charge in [0, 0.05) is 6.42 Å². The Balaban J connectivity index is 2.36. The van der Waals surface area contributed by atoms with E-state index in [1.54, 1.807) is 0 Å². The van der Waals surface area contributed by atoms with E-state index < -0.39 is 11.6 Å². The molecule has 1 N–H and O–H groups in total. The molecule has 86 valence electrons. The van der Waals surface area contributed by atoms with Crippen molar-refractivity contribution in [1.82, 2.24) is 0 Å². The summed E-state index contributed by atoms with van der Waals surface area (Å²) in [5.41, 5.74) is 2.74. The normalized spacial score (nSPS) is 23.9. The minimum atomic E-state index is -0.806. The average Bonchev–Trinajstić information content (AvgIpc) is 2.12. The zero-order valence-corrected chi connectivity index (χ0v) is 9.62. The number of aryl methyl sites for hydroxylation is 2. The number of aliphatic carboxylic acids is 1. The molecule has 0 aliphatic carbocycles. The summed E-state index contributed by atoms with van der Waals surface area (Å²) in [5.74, 6) is -0.806. The van der Waals surface area contributed by atoms with Crippen LogP contribution in [0.5, 0.6) is 0 Å². The lowest BCUT2D eigenvalue weighted by molar-refractivity contribution is -0.176. The number of benzene rings is 1. The molecule has 2 rings (SSSR count). The first kappa shape index (κ1) is 11.1. The van der Waals surface area contributed by atoms with Crippen LogP contribution in [0.25, 0.3) is 0 Å². The monoisotopic (exact) mass is 220 g/mol. The van der Waals surface area contributed by atoms with Gasteiger partial charge in [-0.05, 0) is 25.0 Å². The number of carboxylic acid groups (broad SMARTS) is 1. The van der Waals surface area contributed by atoms with Gasteiger partial charge in [-0.2, -0.15) is 0 Å². The first-order valence-electron chi connectivity index (χ1n) is 5.47. The van der Waals surface area contributed by atoms with Crippen LogP contribution in [0.4, 0.5) is 0 Å². The van der Waals surface area contributed by atoms with E-state index in [0.717, 1.165) is 17.5 Å². The Labute approximate surface area is 95.0 Å². The minimum Gasteiger partial charge on any atom is -0.481 e. The quantitative estimate of drug-likeness (QED) is 0.850. The minimum absolute atomic E-state index is 0.0525. The molecule has 0 spiro atoms. The molecule has 0 aromatic heterocycles. The van der Waals surface area contributed by atoms with Gasteiger partial charge in [0.2, 0.25) is 0 Å². The third-order valence-electron chi connectivity index (χ3n) is 3.19. The van der Waals surface area contributed by atoms with Gasteiger partial charge in [-0.15, -0.1) is 0 Å². The predicted molar refractivity (Wildman–Crippen MR) is 60.4 cm³/mol. The maximum Gasteiger partial charge on any atom is 0.306 e. The number of carboxylic acids is 1. The summed E-state index contributed by atoms with van der Waals surface area (Å²) in [5, 5.41) is 8.94. The molecule has 1 aromatic rings. The smallest absolute Gasteiger partial charge is 0.306 e. The van der Waals surface area contributed by atoms with Gasteiger partial charge in [0.25, 0.3) is 0 Å². The zero-order chi connectivity index (χ0) is 11.8. The lowest BCUT2D eigenvalue weighted by Gasteiger charge is -2.42. The van der Waals surface area contributed by atoms with Crippen LogP contribution in [0.2, 0.25) is 0 Å². The van der Waals surface area contributed by atoms with Crippen molar-refractivity contribution in [3.8, 4) is 0 Å². The standard InChI is InChI=1S/C13H16O3/c1-9-3-4-11(10(2)7-9)13(5-6-16-13)8-12(14)15/h3-4,7H,5-6,8H2,1-2H3,(H,14,15). The summed E-state index contributed by atoms with van der Waals surface area (Å²) in [4.78, 5) is 10.9. The van der Waals surface area contributed by atoms with Gasteiger partial charge in [-0.3, -0.25) is 4.79 Å². The molecule has 16 heavy (non-hydrogen) atoms. The maximum atomic E-state index is 10.9. The van der Waals surface area contributed by atoms with Crippen molar-refractivity contribution in [3.63, 3.8) is 0 Å². The average molecular weight is 220 g/mol. The van der Waals surface area contributed by atoms with Gasteiger partial charge in [0.15, 0.2) is 0 Å². The fraction of sp³-hybridized carbons (Fsp3) is 0.462. The van der Waals surface area contributed by atoms with Gasteiger partial charge in [-0.25, -0.2) is 0 Å². The van der Waals surface area contributed by atoms with Crippen LogP contribution in [0.1, 0.15) is 29.5 Å². The van der Waals surface area contributed by atoms with Crippen molar-refractivity contribution >= 4 is 5.97 Å². The van der Waals surface area contributed by atoms with Gasteiger partial charge >= 0.3 is 5.97 Å². The maximum absolute atomic E-state index is 10.9. The SMILES string of the molecule is Cc1ccc(C2(CC(=O)O)CCO2)c(C)c1. The summed E-state index contributed by atoms with van der Waals surface area (Å²) >= 11 is 0. The summed E-state index contributed by atoms with van der Waals surface area (Å²) in [6, 6.07) is 6.07.